The first-order valence-corrected chi connectivity index (χ1v) is 16.3. The van der Waals surface area contributed by atoms with Gasteiger partial charge in [0.1, 0.15) is 11.5 Å². The molecule has 6 nitrogen and oxygen atoms in total. The van der Waals surface area contributed by atoms with E-state index in [0.29, 0.717) is 22.2 Å². The summed E-state index contributed by atoms with van der Waals surface area (Å²) in [5, 5.41) is 74.0. The molecule has 0 saturated heterocycles. The number of aliphatic hydroxyl groups excluding tert-OH is 1. The number of hydrogen-bond donors (Lipinski definition) is 6. The van der Waals surface area contributed by atoms with Gasteiger partial charge in [-0.3, -0.25) is 0 Å². The van der Waals surface area contributed by atoms with Gasteiger partial charge in [-0.25, -0.2) is 0 Å². The number of hydrogen-bond acceptors (Lipinski definition) is 6. The second-order valence-electron chi connectivity index (χ2n) is 13.0. The van der Waals surface area contributed by atoms with Gasteiger partial charge in [0.05, 0.1) is 5.56 Å². The third-order valence-corrected chi connectivity index (χ3v) is 10.2. The topological polar surface area (TPSA) is 121 Å². The summed E-state index contributed by atoms with van der Waals surface area (Å²) in [6.45, 7) is 5.30. The fourth-order valence-corrected chi connectivity index (χ4v) is 7.75. The lowest BCUT2D eigenvalue weighted by Crippen LogP contribution is -2.36. The summed E-state index contributed by atoms with van der Waals surface area (Å²) in [6.07, 6.45) is 0.848. The Balaban J connectivity index is 1.57. The predicted octanol–water partition coefficient (Wildman–Crippen LogP) is 8.92. The lowest BCUT2D eigenvalue weighted by atomic mass is 9.80. The van der Waals surface area contributed by atoms with Crippen molar-refractivity contribution in [1.29, 1.82) is 0 Å². The van der Waals surface area contributed by atoms with E-state index in [2.05, 4.69) is 48.5 Å². The van der Waals surface area contributed by atoms with E-state index in [0.717, 1.165) is 54.9 Å². The largest absolute Gasteiger partial charge is 0.512 e. The molecular formula is C43H34O6. The average molecular weight is 647 g/mol. The Labute approximate surface area is 282 Å². The number of aliphatic hydroxyl groups is 1. The average Bonchev–Trinajstić information content (AvgIpc) is 3.12. The normalized spacial score (nSPS) is 13.0. The van der Waals surface area contributed by atoms with Crippen LogP contribution in [0.2, 0.25) is 0 Å². The van der Waals surface area contributed by atoms with Gasteiger partial charge in [0.15, 0.2) is 23.0 Å². The van der Waals surface area contributed by atoms with E-state index < -0.39 is 23.0 Å². The fourth-order valence-electron chi connectivity index (χ4n) is 7.75. The molecule has 6 N–H and O–H groups in total. The molecule has 1 aliphatic rings. The molecule has 0 amide bonds. The molecule has 242 valence electrons. The lowest BCUT2D eigenvalue weighted by Gasteiger charge is -2.24. The van der Waals surface area contributed by atoms with Gasteiger partial charge in [0.25, 0.3) is 0 Å². The summed E-state index contributed by atoms with van der Waals surface area (Å²) in [7, 11) is 0. The van der Waals surface area contributed by atoms with Crippen LogP contribution in [0.3, 0.4) is 0 Å². The zero-order chi connectivity index (χ0) is 34.3. The van der Waals surface area contributed by atoms with Crippen molar-refractivity contribution < 1.29 is 30.6 Å². The van der Waals surface area contributed by atoms with Gasteiger partial charge in [-0.05, 0) is 99.3 Å². The standard InChI is InChI=1S/C43H34O6/c1-21-14-18-31(44)36-33(21)35(34-22(2)15-19-32(45)37(34)38(36)39-42(48)40(46)23(3)41(47)43(39)49)30-13-7-11-28-27(10-6-12-29(28)30)26-17-16-24-8-4-5-9-25(24)20-26/h4-14,16-18,20,44-49H,15,19H2,1-3H3. The van der Waals surface area contributed by atoms with Gasteiger partial charge in [-0.1, -0.05) is 84.4 Å². The van der Waals surface area contributed by atoms with Crippen LogP contribution in [0.15, 0.2) is 91.0 Å². The molecule has 0 spiro atoms. The molecule has 7 aromatic rings. The maximum Gasteiger partial charge on any atom is 0.169 e. The fraction of sp³-hybridized carbons (Fsp3) is 0.116. The van der Waals surface area contributed by atoms with Crippen molar-refractivity contribution >= 4 is 43.6 Å². The highest BCUT2D eigenvalue weighted by Crippen LogP contribution is 2.53. The maximum atomic E-state index is 11.7. The van der Waals surface area contributed by atoms with Crippen LogP contribution in [0.1, 0.15) is 30.9 Å². The molecule has 0 aliphatic heterocycles. The van der Waals surface area contributed by atoms with Crippen LogP contribution >= 0.6 is 0 Å². The molecule has 0 unspecified atom stereocenters. The predicted molar refractivity (Wildman–Crippen MR) is 197 cm³/mol. The van der Waals surface area contributed by atoms with Crippen LogP contribution in [0.4, 0.5) is 0 Å². The highest BCUT2D eigenvalue weighted by atomic mass is 16.3. The molecule has 0 bridgehead atoms. The zero-order valence-corrected chi connectivity index (χ0v) is 27.3. The summed E-state index contributed by atoms with van der Waals surface area (Å²) >= 11 is 0. The van der Waals surface area contributed by atoms with Crippen LogP contribution in [0, 0.1) is 13.8 Å². The van der Waals surface area contributed by atoms with Crippen LogP contribution < -0.4 is 10.4 Å². The Kier molecular flexibility index (Phi) is 6.76. The third-order valence-electron chi connectivity index (χ3n) is 10.2. The number of aryl methyl sites for hydroxylation is 1. The molecule has 1 aliphatic carbocycles. The quantitative estimate of drug-likeness (QED) is 0.0842. The van der Waals surface area contributed by atoms with Crippen molar-refractivity contribution in [3.05, 3.63) is 113 Å². The number of phenols is 5. The first-order valence-electron chi connectivity index (χ1n) is 16.3. The second kappa shape index (κ2) is 11.0. The van der Waals surface area contributed by atoms with E-state index in [4.69, 9.17) is 0 Å². The Morgan fingerprint density at radius 1 is 0.490 bits per heavy atom. The third kappa shape index (κ3) is 4.34. The Bertz CT molecular complexity index is 2680. The van der Waals surface area contributed by atoms with Gasteiger partial charge >= 0.3 is 0 Å². The van der Waals surface area contributed by atoms with Gasteiger partial charge in [-0.15, -0.1) is 0 Å². The van der Waals surface area contributed by atoms with E-state index in [1.165, 1.54) is 13.0 Å². The van der Waals surface area contributed by atoms with Crippen molar-refractivity contribution in [2.75, 3.05) is 0 Å². The SMILES string of the molecule is CC1=c2c(-c3cccc4c(-c5ccc6ccccc6c5)cccc34)c3c(C)ccc(O)c3c(-c3c(O)c(O)c(C)c(O)c3O)c2=C(O)CC1. The van der Waals surface area contributed by atoms with E-state index in [9.17, 15) is 30.6 Å². The molecule has 0 aromatic heterocycles. The number of fused-ring (bicyclic) bond motifs is 4. The molecule has 8 rings (SSSR count). The van der Waals surface area contributed by atoms with Crippen LogP contribution in [-0.2, 0) is 0 Å². The first kappa shape index (κ1) is 30.2. The van der Waals surface area contributed by atoms with Crippen molar-refractivity contribution in [1.82, 2.24) is 0 Å². The van der Waals surface area contributed by atoms with Gasteiger partial charge < -0.3 is 30.6 Å². The summed E-state index contributed by atoms with van der Waals surface area (Å²) in [4.78, 5) is 0. The van der Waals surface area contributed by atoms with E-state index in [1.807, 2.05) is 50.2 Å². The van der Waals surface area contributed by atoms with Crippen LogP contribution in [0.25, 0.3) is 77.0 Å². The Morgan fingerprint density at radius 3 is 1.86 bits per heavy atom. The minimum Gasteiger partial charge on any atom is -0.512 e. The molecular weight excluding hydrogens is 612 g/mol. The summed E-state index contributed by atoms with van der Waals surface area (Å²) in [5.74, 6) is -2.66. The molecule has 6 heteroatoms. The molecule has 49 heavy (non-hydrogen) atoms. The number of rotatable bonds is 3. The number of aromatic hydroxyl groups is 5. The van der Waals surface area contributed by atoms with Crippen molar-refractivity contribution in [2.45, 2.75) is 33.6 Å². The smallest absolute Gasteiger partial charge is 0.169 e. The van der Waals surface area contributed by atoms with Crippen LogP contribution in [-0.4, -0.2) is 30.6 Å². The number of phenolic OH excluding ortho intramolecular Hbond substituents is 5. The molecule has 0 fully saturated rings. The molecule has 0 saturated carbocycles. The molecule has 0 radical (unpaired) electrons. The minimum absolute atomic E-state index is 0.00935. The lowest BCUT2D eigenvalue weighted by molar-refractivity contribution is 0.371. The van der Waals surface area contributed by atoms with Crippen molar-refractivity contribution in [2.24, 2.45) is 0 Å². The second-order valence-corrected chi connectivity index (χ2v) is 13.0. The zero-order valence-electron chi connectivity index (χ0n) is 27.3. The minimum atomic E-state index is -0.661. The maximum absolute atomic E-state index is 11.7. The highest BCUT2D eigenvalue weighted by Gasteiger charge is 2.30. The van der Waals surface area contributed by atoms with Gasteiger partial charge in [0, 0.05) is 28.2 Å². The molecule has 0 atom stereocenters. The monoisotopic (exact) mass is 646 g/mol. The Hall–Kier alpha value is -6.14. The first-order chi connectivity index (χ1) is 23.6. The van der Waals surface area contributed by atoms with E-state index in [-0.39, 0.29) is 40.0 Å². The van der Waals surface area contributed by atoms with Crippen molar-refractivity contribution in [3.63, 3.8) is 0 Å². The summed E-state index contributed by atoms with van der Waals surface area (Å²) < 4.78 is 0. The number of benzene rings is 7. The van der Waals surface area contributed by atoms with Gasteiger partial charge in [0.2, 0.25) is 0 Å². The Morgan fingerprint density at radius 2 is 1.14 bits per heavy atom. The van der Waals surface area contributed by atoms with E-state index in [1.54, 1.807) is 0 Å². The molecule has 0 heterocycles. The molecule has 7 aromatic carbocycles. The van der Waals surface area contributed by atoms with E-state index >= 15 is 0 Å². The highest BCUT2D eigenvalue weighted by molar-refractivity contribution is 6.16. The summed E-state index contributed by atoms with van der Waals surface area (Å²) in [5.41, 5.74) is 5.37. The van der Waals surface area contributed by atoms with Crippen molar-refractivity contribution in [3.8, 4) is 62.1 Å². The van der Waals surface area contributed by atoms with Crippen LogP contribution in [0.5, 0.6) is 28.7 Å². The van der Waals surface area contributed by atoms with Gasteiger partial charge in [-0.2, -0.15) is 0 Å². The summed E-state index contributed by atoms with van der Waals surface area (Å²) in [6, 6.07) is 30.5.